The number of aliphatic carboxylic acids is 3. The summed E-state index contributed by atoms with van der Waals surface area (Å²) in [5, 5.41) is 41.9. The fraction of sp³-hybridized carbons (Fsp3) is 0.688. The zero-order valence-corrected chi connectivity index (χ0v) is 30.6. The van der Waals surface area contributed by atoms with Gasteiger partial charge in [-0.1, -0.05) is 34.1 Å². The van der Waals surface area contributed by atoms with Gasteiger partial charge < -0.3 is 58.7 Å². The Morgan fingerprint density at radius 1 is 0.585 bits per heavy atom. The number of carboxylic acid groups (broad SMARTS) is 3. The Bertz CT molecular complexity index is 1340. The molecule has 0 fully saturated rings. The Hall–Kier alpha value is -5.34. The first-order chi connectivity index (χ1) is 24.6. The first kappa shape index (κ1) is 47.7. The molecule has 0 saturated carbocycles. The summed E-state index contributed by atoms with van der Waals surface area (Å²) >= 11 is 0. The van der Waals surface area contributed by atoms with Gasteiger partial charge in [-0.05, 0) is 44.4 Å². The largest absolute Gasteiger partial charge is 0.481 e. The molecule has 0 aliphatic rings. The molecule has 21 heteroatoms. The van der Waals surface area contributed by atoms with Gasteiger partial charge in [0, 0.05) is 19.3 Å². The Balaban J connectivity index is 5.92. The summed E-state index contributed by atoms with van der Waals surface area (Å²) in [6.45, 7) is 7.43. The molecule has 300 valence electrons. The number of amides is 7. The first-order valence-electron chi connectivity index (χ1n) is 17.1. The van der Waals surface area contributed by atoms with Gasteiger partial charge in [0.15, 0.2) is 0 Å². The summed E-state index contributed by atoms with van der Waals surface area (Å²) in [5.41, 5.74) is 10.6. The zero-order chi connectivity index (χ0) is 41.0. The Morgan fingerprint density at radius 2 is 1.04 bits per heavy atom. The van der Waals surface area contributed by atoms with E-state index < -0.39 is 127 Å². The summed E-state index contributed by atoms with van der Waals surface area (Å²) in [6, 6.07) is -8.09. The maximum Gasteiger partial charge on any atom is 0.326 e. The molecule has 13 N–H and O–H groups in total. The lowest BCUT2D eigenvalue weighted by molar-refractivity contribution is -0.143. The quantitative estimate of drug-likeness (QED) is 0.0420. The van der Waals surface area contributed by atoms with Crippen LogP contribution in [0.1, 0.15) is 86.0 Å². The van der Waals surface area contributed by atoms with E-state index in [1.807, 2.05) is 0 Å². The zero-order valence-electron chi connectivity index (χ0n) is 30.6. The molecule has 0 unspecified atom stereocenters. The highest BCUT2D eigenvalue weighted by Gasteiger charge is 2.33. The van der Waals surface area contributed by atoms with Crippen molar-refractivity contribution in [3.63, 3.8) is 0 Å². The van der Waals surface area contributed by atoms with Crippen molar-refractivity contribution in [3.8, 4) is 0 Å². The van der Waals surface area contributed by atoms with Crippen molar-refractivity contribution in [2.24, 2.45) is 23.3 Å². The van der Waals surface area contributed by atoms with Gasteiger partial charge in [-0.2, -0.15) is 0 Å². The lowest BCUT2D eigenvalue weighted by Gasteiger charge is -2.27. The maximum absolute atomic E-state index is 13.4. The smallest absolute Gasteiger partial charge is 0.326 e. The van der Waals surface area contributed by atoms with Crippen LogP contribution in [0.15, 0.2) is 0 Å². The van der Waals surface area contributed by atoms with E-state index in [9.17, 15) is 58.2 Å². The van der Waals surface area contributed by atoms with Gasteiger partial charge in [0.05, 0.1) is 12.6 Å². The number of carbonyl (C=O) groups is 10. The van der Waals surface area contributed by atoms with Crippen molar-refractivity contribution in [2.45, 2.75) is 122 Å². The third-order valence-electron chi connectivity index (χ3n) is 7.84. The second kappa shape index (κ2) is 24.0. The second-order valence-electron chi connectivity index (χ2n) is 13.0. The van der Waals surface area contributed by atoms with Crippen LogP contribution in [-0.4, -0.2) is 117 Å². The third-order valence-corrected chi connectivity index (χ3v) is 7.84. The van der Waals surface area contributed by atoms with E-state index in [4.69, 9.17) is 16.6 Å². The molecule has 0 spiro atoms. The molecule has 0 radical (unpaired) electrons. The topological polar surface area (TPSA) is 356 Å². The van der Waals surface area contributed by atoms with E-state index in [2.05, 4.69) is 31.9 Å². The monoisotopic (exact) mass is 758 g/mol. The number of hydrogen-bond acceptors (Lipinski definition) is 11. The summed E-state index contributed by atoms with van der Waals surface area (Å²) in [5.74, 6) is -10.8. The van der Waals surface area contributed by atoms with E-state index in [1.54, 1.807) is 27.7 Å². The van der Waals surface area contributed by atoms with Gasteiger partial charge in [0.1, 0.15) is 30.2 Å². The molecule has 7 amide bonds. The molecule has 0 aliphatic carbocycles. The Labute approximate surface area is 306 Å². The number of carbonyl (C=O) groups excluding carboxylic acids is 7. The van der Waals surface area contributed by atoms with Gasteiger partial charge in [-0.3, -0.25) is 43.2 Å². The van der Waals surface area contributed by atoms with Crippen molar-refractivity contribution in [1.29, 1.82) is 0 Å². The number of hydrogen-bond donors (Lipinski definition) is 11. The minimum Gasteiger partial charge on any atom is -0.481 e. The number of rotatable bonds is 26. The predicted octanol–water partition coefficient (Wildman–Crippen LogP) is -2.95. The molecule has 0 aromatic carbocycles. The summed E-state index contributed by atoms with van der Waals surface area (Å²) in [6.07, 6.45) is -2.19. The molecule has 0 rings (SSSR count). The molecule has 0 aliphatic heterocycles. The number of carboxylic acids is 3. The van der Waals surface area contributed by atoms with Crippen LogP contribution in [0.4, 0.5) is 0 Å². The van der Waals surface area contributed by atoms with Crippen LogP contribution in [0, 0.1) is 11.8 Å². The Morgan fingerprint density at radius 3 is 1.45 bits per heavy atom. The highest BCUT2D eigenvalue weighted by Crippen LogP contribution is 2.11. The van der Waals surface area contributed by atoms with E-state index in [0.717, 1.165) is 0 Å². The van der Waals surface area contributed by atoms with Gasteiger partial charge in [0.2, 0.25) is 41.4 Å². The van der Waals surface area contributed by atoms with Gasteiger partial charge in [-0.25, -0.2) is 4.79 Å². The van der Waals surface area contributed by atoms with Crippen LogP contribution in [-0.2, 0) is 47.9 Å². The molecule has 53 heavy (non-hydrogen) atoms. The maximum atomic E-state index is 13.4. The summed E-state index contributed by atoms with van der Waals surface area (Å²) in [4.78, 5) is 123. The molecule has 0 saturated heterocycles. The fourth-order valence-corrected chi connectivity index (χ4v) is 4.65. The highest BCUT2D eigenvalue weighted by atomic mass is 16.4. The average Bonchev–Trinajstić information content (AvgIpc) is 3.06. The van der Waals surface area contributed by atoms with Crippen LogP contribution in [0.2, 0.25) is 0 Å². The molecule has 0 bridgehead atoms. The van der Waals surface area contributed by atoms with Crippen molar-refractivity contribution < 1.29 is 63.3 Å². The molecular weight excluding hydrogens is 704 g/mol. The van der Waals surface area contributed by atoms with Crippen LogP contribution >= 0.6 is 0 Å². The van der Waals surface area contributed by atoms with Gasteiger partial charge in [-0.15, -0.1) is 0 Å². The molecule has 7 atom stereocenters. The number of primary amides is 1. The minimum absolute atomic E-state index is 0.0181. The van der Waals surface area contributed by atoms with Crippen molar-refractivity contribution >= 4 is 59.3 Å². The molecule has 21 nitrogen and oxygen atoms in total. The second-order valence-corrected chi connectivity index (χ2v) is 13.0. The van der Waals surface area contributed by atoms with Crippen LogP contribution in [0.25, 0.3) is 0 Å². The molecule has 0 aromatic rings. The van der Waals surface area contributed by atoms with Crippen molar-refractivity contribution in [2.75, 3.05) is 6.54 Å². The fourth-order valence-electron chi connectivity index (χ4n) is 4.65. The standard InChI is InChI=1S/C32H54N8O13/c1-6-16(4)26(31(51)38-20(32(52)53)7-10-22(34)41)40-23(42)14-35-28(48)21(13-15(2)3)39-30(50)19(9-12-25(45)46)37-29(49)18(8-11-24(43)44)36-27(47)17(5)33/h15-21,26H,6-14,33H2,1-5H3,(H2,34,41)(H,35,48)(H,36,47)(H,37,49)(H,38,51)(H,39,50)(H,40,42)(H,43,44)(H,45,46)(H,52,53)/t16-,17-,18-,19-,20-,21-,26-/m0/s1. The summed E-state index contributed by atoms with van der Waals surface area (Å²) < 4.78 is 0. The van der Waals surface area contributed by atoms with E-state index in [-0.39, 0.29) is 31.6 Å². The third kappa shape index (κ3) is 19.7. The molecular formula is C32H54N8O13. The minimum atomic E-state index is -1.56. The van der Waals surface area contributed by atoms with Crippen molar-refractivity contribution in [3.05, 3.63) is 0 Å². The van der Waals surface area contributed by atoms with Crippen molar-refractivity contribution in [1.82, 2.24) is 31.9 Å². The summed E-state index contributed by atoms with van der Waals surface area (Å²) in [7, 11) is 0. The SMILES string of the molecule is CC[C@H](C)[C@H](NC(=O)CNC(=O)[C@H](CC(C)C)NC(=O)[C@H](CCC(=O)O)NC(=O)[C@H](CCC(=O)O)NC(=O)[C@H](C)N)C(=O)N[C@@H](CCC(N)=O)C(=O)O. The number of nitrogens with one attached hydrogen (secondary N) is 6. The van der Waals surface area contributed by atoms with Gasteiger partial charge in [0.25, 0.3) is 0 Å². The van der Waals surface area contributed by atoms with Crippen LogP contribution in [0.5, 0.6) is 0 Å². The normalized spacial score (nSPS) is 14.8. The van der Waals surface area contributed by atoms with Crippen LogP contribution < -0.4 is 43.4 Å². The Kier molecular flexibility index (Phi) is 21.6. The molecule has 0 aromatic heterocycles. The van der Waals surface area contributed by atoms with Gasteiger partial charge >= 0.3 is 17.9 Å². The van der Waals surface area contributed by atoms with Crippen LogP contribution in [0.3, 0.4) is 0 Å². The van der Waals surface area contributed by atoms with E-state index in [0.29, 0.717) is 6.42 Å². The average molecular weight is 759 g/mol. The molecule has 0 heterocycles. The van der Waals surface area contributed by atoms with E-state index >= 15 is 0 Å². The number of nitrogens with two attached hydrogens (primary N) is 2. The van der Waals surface area contributed by atoms with E-state index in [1.165, 1.54) is 6.92 Å². The highest BCUT2D eigenvalue weighted by molar-refractivity contribution is 5.96. The first-order valence-corrected chi connectivity index (χ1v) is 17.1. The lowest BCUT2D eigenvalue weighted by atomic mass is 9.97. The predicted molar refractivity (Wildman–Crippen MR) is 185 cm³/mol. The lowest BCUT2D eigenvalue weighted by Crippen LogP contribution is -2.58.